The van der Waals surface area contributed by atoms with E-state index in [-0.39, 0.29) is 22.8 Å². The van der Waals surface area contributed by atoms with E-state index in [2.05, 4.69) is 33.0 Å². The van der Waals surface area contributed by atoms with E-state index >= 15 is 0 Å². The summed E-state index contributed by atoms with van der Waals surface area (Å²) in [6.45, 7) is 10.8. The summed E-state index contributed by atoms with van der Waals surface area (Å²) in [6.07, 6.45) is 0.897. The molecule has 0 aliphatic carbocycles. The summed E-state index contributed by atoms with van der Waals surface area (Å²) in [4.78, 5) is 0. The second-order valence-corrected chi connectivity index (χ2v) is 6.25. The molecule has 4 nitrogen and oxygen atoms in total. The standard InChI is InChI=1S/C13H25NO3/c1-11(2)9-13(12(3,4)17-11)10(8-15-5)14-6-7-16-13/h10,14H,6-9H2,1-5H3. The lowest BCUT2D eigenvalue weighted by molar-refractivity contribution is -0.185. The highest BCUT2D eigenvalue weighted by atomic mass is 16.6. The summed E-state index contributed by atoms with van der Waals surface area (Å²) in [5.41, 5.74) is -0.730. The van der Waals surface area contributed by atoms with Gasteiger partial charge in [0.1, 0.15) is 5.60 Å². The van der Waals surface area contributed by atoms with Crippen molar-refractivity contribution in [3.63, 3.8) is 0 Å². The summed E-state index contributed by atoms with van der Waals surface area (Å²) >= 11 is 0. The van der Waals surface area contributed by atoms with Gasteiger partial charge in [0, 0.05) is 20.1 Å². The Labute approximate surface area is 104 Å². The highest BCUT2D eigenvalue weighted by molar-refractivity contribution is 5.14. The Hall–Kier alpha value is -0.160. The molecule has 0 aromatic heterocycles. The van der Waals surface area contributed by atoms with Gasteiger partial charge in [-0.1, -0.05) is 0 Å². The molecule has 2 atom stereocenters. The van der Waals surface area contributed by atoms with E-state index in [0.717, 1.165) is 19.6 Å². The van der Waals surface area contributed by atoms with Crippen molar-refractivity contribution in [2.24, 2.45) is 0 Å². The van der Waals surface area contributed by atoms with Gasteiger partial charge in [-0.25, -0.2) is 0 Å². The quantitative estimate of drug-likeness (QED) is 0.794. The first-order valence-corrected chi connectivity index (χ1v) is 6.39. The first kappa shape index (κ1) is 13.3. The van der Waals surface area contributed by atoms with Gasteiger partial charge >= 0.3 is 0 Å². The molecule has 2 aliphatic heterocycles. The van der Waals surface area contributed by atoms with E-state index < -0.39 is 0 Å². The Balaban J connectivity index is 2.30. The van der Waals surface area contributed by atoms with Crippen molar-refractivity contribution >= 4 is 0 Å². The maximum atomic E-state index is 6.19. The minimum Gasteiger partial charge on any atom is -0.383 e. The molecule has 2 heterocycles. The zero-order chi connectivity index (χ0) is 12.7. The van der Waals surface area contributed by atoms with Crippen LogP contribution in [-0.4, -0.2) is 49.7 Å². The molecule has 2 rings (SSSR count). The Kier molecular flexibility index (Phi) is 3.28. The largest absolute Gasteiger partial charge is 0.383 e. The molecule has 2 fully saturated rings. The molecule has 100 valence electrons. The predicted octanol–water partition coefficient (Wildman–Crippen LogP) is 1.34. The van der Waals surface area contributed by atoms with Crippen LogP contribution >= 0.6 is 0 Å². The van der Waals surface area contributed by atoms with Crippen molar-refractivity contribution < 1.29 is 14.2 Å². The molecule has 4 heteroatoms. The van der Waals surface area contributed by atoms with E-state index in [1.807, 2.05) is 0 Å². The van der Waals surface area contributed by atoms with Crippen LogP contribution in [0.2, 0.25) is 0 Å². The van der Waals surface area contributed by atoms with Crippen LogP contribution in [0, 0.1) is 0 Å². The maximum Gasteiger partial charge on any atom is 0.117 e. The van der Waals surface area contributed by atoms with Gasteiger partial charge in [-0.15, -0.1) is 0 Å². The van der Waals surface area contributed by atoms with Crippen molar-refractivity contribution in [2.75, 3.05) is 26.9 Å². The zero-order valence-electron chi connectivity index (χ0n) is 11.6. The van der Waals surface area contributed by atoms with Crippen molar-refractivity contribution in [3.05, 3.63) is 0 Å². The zero-order valence-corrected chi connectivity index (χ0v) is 11.6. The van der Waals surface area contributed by atoms with Gasteiger partial charge in [0.05, 0.1) is 30.5 Å². The van der Waals surface area contributed by atoms with Gasteiger partial charge < -0.3 is 19.5 Å². The highest BCUT2D eigenvalue weighted by Crippen LogP contribution is 2.49. The second-order valence-electron chi connectivity index (χ2n) is 6.25. The van der Waals surface area contributed by atoms with Crippen molar-refractivity contribution in [1.29, 1.82) is 0 Å². The van der Waals surface area contributed by atoms with E-state index in [0.29, 0.717) is 6.61 Å². The van der Waals surface area contributed by atoms with Crippen LogP contribution in [0.15, 0.2) is 0 Å². The minimum atomic E-state index is -0.298. The fraction of sp³-hybridized carbons (Fsp3) is 1.00. The van der Waals surface area contributed by atoms with Crippen molar-refractivity contribution in [1.82, 2.24) is 5.32 Å². The molecule has 0 radical (unpaired) electrons. The van der Waals surface area contributed by atoms with Gasteiger partial charge in [-0.2, -0.15) is 0 Å². The monoisotopic (exact) mass is 243 g/mol. The van der Waals surface area contributed by atoms with Crippen molar-refractivity contribution in [2.45, 2.75) is 57.0 Å². The minimum absolute atomic E-state index is 0.144. The van der Waals surface area contributed by atoms with E-state index in [1.54, 1.807) is 7.11 Å². The molecule has 0 aromatic carbocycles. The maximum absolute atomic E-state index is 6.19. The summed E-state index contributed by atoms with van der Waals surface area (Å²) in [5.74, 6) is 0. The molecule has 0 aromatic rings. The van der Waals surface area contributed by atoms with E-state index in [9.17, 15) is 0 Å². The van der Waals surface area contributed by atoms with Gasteiger partial charge in [0.25, 0.3) is 0 Å². The van der Waals surface area contributed by atoms with Crippen LogP contribution in [0.4, 0.5) is 0 Å². The van der Waals surface area contributed by atoms with Gasteiger partial charge in [-0.05, 0) is 27.7 Å². The molecule has 0 bridgehead atoms. The SMILES string of the molecule is COCC1NCCOC12CC(C)(C)OC2(C)C. The van der Waals surface area contributed by atoms with Gasteiger partial charge in [0.15, 0.2) is 0 Å². The molecule has 2 saturated heterocycles. The lowest BCUT2D eigenvalue weighted by atomic mass is 9.76. The summed E-state index contributed by atoms with van der Waals surface area (Å²) in [6, 6.07) is 0.193. The number of morpholine rings is 1. The predicted molar refractivity (Wildman–Crippen MR) is 66.2 cm³/mol. The highest BCUT2D eigenvalue weighted by Gasteiger charge is 2.62. The number of hydrogen-bond donors (Lipinski definition) is 1. The van der Waals surface area contributed by atoms with Crippen LogP contribution in [0.1, 0.15) is 34.1 Å². The topological polar surface area (TPSA) is 39.7 Å². The van der Waals surface area contributed by atoms with E-state index in [1.165, 1.54) is 0 Å². The third kappa shape index (κ3) is 2.12. The van der Waals surface area contributed by atoms with Crippen LogP contribution in [0.3, 0.4) is 0 Å². The number of rotatable bonds is 2. The van der Waals surface area contributed by atoms with Gasteiger partial charge in [0.2, 0.25) is 0 Å². The lowest BCUT2D eigenvalue weighted by Gasteiger charge is -2.48. The fourth-order valence-electron chi connectivity index (χ4n) is 3.52. The third-order valence-electron chi connectivity index (χ3n) is 3.99. The lowest BCUT2D eigenvalue weighted by Crippen LogP contribution is -2.67. The summed E-state index contributed by atoms with van der Waals surface area (Å²) < 4.78 is 17.7. The Morgan fingerprint density at radius 1 is 1.29 bits per heavy atom. The van der Waals surface area contributed by atoms with Crippen LogP contribution in [0.5, 0.6) is 0 Å². The fourth-order valence-corrected chi connectivity index (χ4v) is 3.52. The first-order chi connectivity index (χ1) is 7.83. The van der Waals surface area contributed by atoms with Crippen LogP contribution < -0.4 is 5.32 Å². The Bertz CT molecular complexity index is 288. The summed E-state index contributed by atoms with van der Waals surface area (Å²) in [7, 11) is 1.73. The normalized spacial score (nSPS) is 39.7. The molecular weight excluding hydrogens is 218 g/mol. The Morgan fingerprint density at radius 3 is 2.53 bits per heavy atom. The third-order valence-corrected chi connectivity index (χ3v) is 3.99. The number of methoxy groups -OCH3 is 1. The average Bonchev–Trinajstić information content (AvgIpc) is 2.36. The number of nitrogens with one attached hydrogen (secondary N) is 1. The average molecular weight is 243 g/mol. The van der Waals surface area contributed by atoms with Gasteiger partial charge in [-0.3, -0.25) is 0 Å². The smallest absolute Gasteiger partial charge is 0.117 e. The Morgan fingerprint density at radius 2 is 2.00 bits per heavy atom. The molecule has 2 aliphatic rings. The van der Waals surface area contributed by atoms with Crippen LogP contribution in [-0.2, 0) is 14.2 Å². The first-order valence-electron chi connectivity index (χ1n) is 6.39. The molecule has 0 amide bonds. The van der Waals surface area contributed by atoms with Crippen LogP contribution in [0.25, 0.3) is 0 Å². The molecule has 17 heavy (non-hydrogen) atoms. The number of ether oxygens (including phenoxy) is 3. The molecule has 2 unspecified atom stereocenters. The molecule has 1 spiro atoms. The molecule has 1 N–H and O–H groups in total. The molecular formula is C13H25NO3. The van der Waals surface area contributed by atoms with E-state index in [4.69, 9.17) is 14.2 Å². The molecule has 0 saturated carbocycles. The summed E-state index contributed by atoms with van der Waals surface area (Å²) in [5, 5.41) is 3.52. The second kappa shape index (κ2) is 4.19. The van der Waals surface area contributed by atoms with Crippen molar-refractivity contribution in [3.8, 4) is 0 Å². The number of hydrogen-bond acceptors (Lipinski definition) is 4.